The van der Waals surface area contributed by atoms with Gasteiger partial charge in [-0.15, -0.1) is 11.3 Å². The SMILES string of the molecule is O=Cc1ccc(-c2cc3nccc(Oc4ccc(CC(=O)C5(C(=O)Cc6ccccc6)CC5)cc4F)c3s2)nc1. The first-order valence-corrected chi connectivity index (χ1v) is 13.6. The van der Waals surface area contributed by atoms with Crippen molar-refractivity contribution >= 4 is 39.4 Å². The maximum Gasteiger partial charge on any atom is 0.166 e. The van der Waals surface area contributed by atoms with Crippen LogP contribution in [0.4, 0.5) is 4.39 Å². The second-order valence-electron chi connectivity index (χ2n) is 9.86. The molecule has 1 aliphatic carbocycles. The van der Waals surface area contributed by atoms with Gasteiger partial charge in [0.15, 0.2) is 29.4 Å². The lowest BCUT2D eigenvalue weighted by Gasteiger charge is -2.14. The number of fused-ring (bicyclic) bond motifs is 1. The zero-order valence-electron chi connectivity index (χ0n) is 21.3. The highest BCUT2D eigenvalue weighted by atomic mass is 32.1. The molecular weight excluding hydrogens is 527 g/mol. The summed E-state index contributed by atoms with van der Waals surface area (Å²) < 4.78 is 21.8. The Morgan fingerprint density at radius 3 is 2.35 bits per heavy atom. The first kappa shape index (κ1) is 25.7. The number of hydrogen-bond donors (Lipinski definition) is 0. The smallest absolute Gasteiger partial charge is 0.166 e. The fourth-order valence-corrected chi connectivity index (χ4v) is 5.78. The van der Waals surface area contributed by atoms with Crippen molar-refractivity contribution in [1.29, 1.82) is 0 Å². The highest BCUT2D eigenvalue weighted by Crippen LogP contribution is 2.49. The van der Waals surface area contributed by atoms with E-state index < -0.39 is 11.2 Å². The van der Waals surface area contributed by atoms with Crippen molar-refractivity contribution in [3.63, 3.8) is 0 Å². The van der Waals surface area contributed by atoms with E-state index in [0.29, 0.717) is 40.9 Å². The highest BCUT2D eigenvalue weighted by molar-refractivity contribution is 7.22. The van der Waals surface area contributed by atoms with E-state index in [0.717, 1.165) is 21.4 Å². The molecule has 6 rings (SSSR count). The topological polar surface area (TPSA) is 86.2 Å². The van der Waals surface area contributed by atoms with Gasteiger partial charge in [-0.1, -0.05) is 36.4 Å². The van der Waals surface area contributed by atoms with Gasteiger partial charge in [-0.3, -0.25) is 24.4 Å². The fourth-order valence-electron chi connectivity index (χ4n) is 4.74. The zero-order chi connectivity index (χ0) is 27.7. The fraction of sp³-hybridized carbons (Fsp3) is 0.156. The van der Waals surface area contributed by atoms with Crippen molar-refractivity contribution < 1.29 is 23.5 Å². The molecule has 0 spiro atoms. The third-order valence-electron chi connectivity index (χ3n) is 7.16. The summed E-state index contributed by atoms with van der Waals surface area (Å²) in [5, 5.41) is 0. The Balaban J connectivity index is 1.17. The van der Waals surface area contributed by atoms with E-state index in [1.807, 2.05) is 36.4 Å². The van der Waals surface area contributed by atoms with E-state index in [1.165, 1.54) is 29.7 Å². The van der Waals surface area contributed by atoms with Gasteiger partial charge in [0.05, 0.1) is 26.2 Å². The van der Waals surface area contributed by atoms with Crippen LogP contribution in [0.25, 0.3) is 20.8 Å². The van der Waals surface area contributed by atoms with Gasteiger partial charge in [0, 0.05) is 36.9 Å². The van der Waals surface area contributed by atoms with Crippen molar-refractivity contribution in [2.24, 2.45) is 5.41 Å². The molecule has 0 saturated heterocycles. The normalized spacial score (nSPS) is 13.6. The number of benzene rings is 2. The molecule has 1 aliphatic rings. The molecule has 6 nitrogen and oxygen atoms in total. The predicted molar refractivity (Wildman–Crippen MR) is 150 cm³/mol. The van der Waals surface area contributed by atoms with Crippen molar-refractivity contribution in [3.05, 3.63) is 108 Å². The van der Waals surface area contributed by atoms with Crippen LogP contribution in [0.1, 0.15) is 34.3 Å². The summed E-state index contributed by atoms with van der Waals surface area (Å²) in [6, 6.07) is 20.8. The number of nitrogens with zero attached hydrogens (tertiary/aromatic N) is 2. The summed E-state index contributed by atoms with van der Waals surface area (Å²) >= 11 is 1.40. The van der Waals surface area contributed by atoms with Gasteiger partial charge < -0.3 is 4.74 Å². The number of thiophene rings is 1. The number of carbonyl (C=O) groups excluding carboxylic acids is 3. The first-order valence-electron chi connectivity index (χ1n) is 12.8. The van der Waals surface area contributed by atoms with Gasteiger partial charge in [-0.2, -0.15) is 0 Å². The quantitative estimate of drug-likeness (QED) is 0.140. The molecule has 2 aromatic carbocycles. The number of rotatable bonds is 10. The van der Waals surface area contributed by atoms with Crippen molar-refractivity contribution in [2.75, 3.05) is 0 Å². The lowest BCUT2D eigenvalue weighted by atomic mass is 9.88. The molecule has 1 fully saturated rings. The number of aldehydes is 1. The molecule has 0 N–H and O–H groups in total. The zero-order valence-corrected chi connectivity index (χ0v) is 22.1. The van der Waals surface area contributed by atoms with Crippen LogP contribution >= 0.6 is 11.3 Å². The molecule has 0 bridgehead atoms. The highest BCUT2D eigenvalue weighted by Gasteiger charge is 2.54. The third-order valence-corrected chi connectivity index (χ3v) is 8.32. The molecule has 0 amide bonds. The van der Waals surface area contributed by atoms with E-state index in [1.54, 1.807) is 30.5 Å². The molecular formula is C32H23FN2O4S. The minimum atomic E-state index is -0.955. The molecule has 0 aliphatic heterocycles. The number of carbonyl (C=O) groups is 3. The first-order chi connectivity index (χ1) is 19.4. The van der Waals surface area contributed by atoms with Crippen molar-refractivity contribution in [2.45, 2.75) is 25.7 Å². The largest absolute Gasteiger partial charge is 0.453 e. The Bertz CT molecular complexity index is 1740. The van der Waals surface area contributed by atoms with E-state index in [-0.39, 0.29) is 30.2 Å². The standard InChI is InChI=1S/C32H23FN2O4S/c33-23-14-21(16-30(38)32(11-12-32)29(37)15-20-4-2-1-3-5-20)7-9-26(23)39-27-10-13-34-25-17-28(40-31(25)27)24-8-6-22(19-36)18-35-24/h1-10,13-14,17-19H,11-12,15-16H2. The van der Waals surface area contributed by atoms with Gasteiger partial charge in [-0.25, -0.2) is 4.39 Å². The third kappa shape index (κ3) is 5.05. The van der Waals surface area contributed by atoms with Gasteiger partial charge in [0.25, 0.3) is 0 Å². The Labute approximate surface area is 233 Å². The average molecular weight is 551 g/mol. The summed E-state index contributed by atoms with van der Waals surface area (Å²) in [7, 11) is 0. The van der Waals surface area contributed by atoms with Crippen LogP contribution in [-0.2, 0) is 22.4 Å². The van der Waals surface area contributed by atoms with Crippen molar-refractivity contribution in [3.8, 4) is 22.1 Å². The number of Topliss-reactive ketones (excluding diaryl/α,β-unsaturated/α-hetero) is 2. The van der Waals surface area contributed by atoms with Gasteiger partial charge in [0.1, 0.15) is 5.75 Å². The van der Waals surface area contributed by atoms with Crippen LogP contribution in [0, 0.1) is 11.2 Å². The second kappa shape index (κ2) is 10.5. The summed E-state index contributed by atoms with van der Waals surface area (Å²) in [5.74, 6) is -0.377. The molecule has 40 heavy (non-hydrogen) atoms. The molecule has 198 valence electrons. The summed E-state index contributed by atoms with van der Waals surface area (Å²) in [4.78, 5) is 46.5. The maximum atomic E-state index is 15.1. The monoisotopic (exact) mass is 550 g/mol. The van der Waals surface area contributed by atoms with E-state index in [2.05, 4.69) is 9.97 Å². The number of ketones is 2. The van der Waals surface area contributed by atoms with Crippen LogP contribution in [0.5, 0.6) is 11.5 Å². The molecule has 1 saturated carbocycles. The molecule has 0 radical (unpaired) electrons. The lowest BCUT2D eigenvalue weighted by Crippen LogP contribution is -2.28. The Hall–Kier alpha value is -4.56. The number of halogens is 1. The summed E-state index contributed by atoms with van der Waals surface area (Å²) in [5.41, 5.74) is 2.28. The van der Waals surface area contributed by atoms with E-state index >= 15 is 4.39 Å². The molecule has 3 heterocycles. The van der Waals surface area contributed by atoms with Gasteiger partial charge in [0.2, 0.25) is 0 Å². The lowest BCUT2D eigenvalue weighted by molar-refractivity contribution is -0.133. The molecule has 0 unspecified atom stereocenters. The minimum absolute atomic E-state index is 0.0125. The molecule has 5 aromatic rings. The van der Waals surface area contributed by atoms with Crippen molar-refractivity contribution in [1.82, 2.24) is 9.97 Å². The number of pyridine rings is 2. The molecule has 3 aromatic heterocycles. The van der Waals surface area contributed by atoms with Crippen LogP contribution in [0.2, 0.25) is 0 Å². The van der Waals surface area contributed by atoms with Gasteiger partial charge in [-0.05, 0) is 54.3 Å². The minimum Gasteiger partial charge on any atom is -0.453 e. The Morgan fingerprint density at radius 1 is 0.900 bits per heavy atom. The van der Waals surface area contributed by atoms with Crippen LogP contribution in [-0.4, -0.2) is 27.8 Å². The Kier molecular flexibility index (Phi) is 6.77. The number of ether oxygens (including phenoxy) is 1. The van der Waals surface area contributed by atoms with E-state index in [9.17, 15) is 14.4 Å². The number of aromatic nitrogens is 2. The van der Waals surface area contributed by atoms with Crippen LogP contribution in [0.15, 0.2) is 85.2 Å². The summed E-state index contributed by atoms with van der Waals surface area (Å²) in [6.45, 7) is 0. The second-order valence-corrected chi connectivity index (χ2v) is 10.9. The molecule has 0 atom stereocenters. The average Bonchev–Trinajstić information content (AvgIpc) is 3.68. The summed E-state index contributed by atoms with van der Waals surface area (Å²) in [6.07, 6.45) is 5.12. The predicted octanol–water partition coefficient (Wildman–Crippen LogP) is 6.81. The molecule has 8 heteroatoms. The Morgan fingerprint density at radius 2 is 1.68 bits per heavy atom. The van der Waals surface area contributed by atoms with E-state index in [4.69, 9.17) is 4.74 Å². The van der Waals surface area contributed by atoms with Crippen LogP contribution in [0.3, 0.4) is 0 Å². The van der Waals surface area contributed by atoms with Gasteiger partial charge >= 0.3 is 0 Å². The number of hydrogen-bond acceptors (Lipinski definition) is 7. The maximum absolute atomic E-state index is 15.1. The van der Waals surface area contributed by atoms with Crippen LogP contribution < -0.4 is 4.74 Å².